The van der Waals surface area contributed by atoms with Gasteiger partial charge in [0.05, 0.1) is 0 Å². The van der Waals surface area contributed by atoms with Crippen LogP contribution in [0.3, 0.4) is 0 Å². The first-order valence-electron chi connectivity index (χ1n) is 7.18. The number of nitrogens with two attached hydrogens (primary N) is 1. The summed E-state index contributed by atoms with van der Waals surface area (Å²) < 4.78 is 0. The van der Waals surface area contributed by atoms with Gasteiger partial charge in [0.1, 0.15) is 0 Å². The molecule has 0 saturated carbocycles. The first-order valence-corrected chi connectivity index (χ1v) is 7.18. The second kappa shape index (κ2) is 8.31. The van der Waals surface area contributed by atoms with Gasteiger partial charge in [-0.05, 0) is 44.6 Å². The highest BCUT2D eigenvalue weighted by Crippen LogP contribution is 2.17. The van der Waals surface area contributed by atoms with Gasteiger partial charge in [0, 0.05) is 12.6 Å². The van der Waals surface area contributed by atoms with E-state index in [2.05, 4.69) is 68.5 Å². The largest absolute Gasteiger partial charge is 0.330 e. The van der Waals surface area contributed by atoms with Gasteiger partial charge in [-0.3, -0.25) is 0 Å². The number of likely N-dealkylation sites (N-methyl/N-ethyl adjacent to an activating group) is 1. The van der Waals surface area contributed by atoms with Crippen molar-refractivity contribution < 1.29 is 0 Å². The lowest BCUT2D eigenvalue weighted by molar-refractivity contribution is 0.276. The molecule has 0 spiro atoms. The number of rotatable bonds is 8. The Morgan fingerprint density at radius 2 is 1.74 bits per heavy atom. The van der Waals surface area contributed by atoms with Gasteiger partial charge in [0.2, 0.25) is 0 Å². The lowest BCUT2D eigenvalue weighted by atomic mass is 9.96. The van der Waals surface area contributed by atoms with Crippen molar-refractivity contribution in [2.24, 2.45) is 17.6 Å². The molecule has 0 heterocycles. The number of hydrogen-bond acceptors (Lipinski definition) is 3. The molecular formula is C16H29N3. The topological polar surface area (TPSA) is 41.3 Å². The van der Waals surface area contributed by atoms with Gasteiger partial charge in [-0.25, -0.2) is 0 Å². The van der Waals surface area contributed by atoms with Crippen molar-refractivity contribution in [2.75, 3.05) is 33.7 Å². The SMILES string of the molecule is CC(C)C(CN)CNCC(c1ccccc1)N(C)C. The summed E-state index contributed by atoms with van der Waals surface area (Å²) in [6.45, 7) is 7.17. The fraction of sp³-hybridized carbons (Fsp3) is 0.625. The molecule has 108 valence electrons. The highest BCUT2D eigenvalue weighted by Gasteiger charge is 2.15. The summed E-state index contributed by atoms with van der Waals surface area (Å²) in [4.78, 5) is 2.26. The molecule has 0 aromatic heterocycles. The molecule has 2 atom stereocenters. The molecule has 1 aromatic carbocycles. The van der Waals surface area contributed by atoms with Crippen molar-refractivity contribution in [2.45, 2.75) is 19.9 Å². The van der Waals surface area contributed by atoms with Gasteiger partial charge in [-0.15, -0.1) is 0 Å². The van der Waals surface area contributed by atoms with Crippen molar-refractivity contribution in [3.63, 3.8) is 0 Å². The fourth-order valence-corrected chi connectivity index (χ4v) is 2.27. The van der Waals surface area contributed by atoms with Gasteiger partial charge >= 0.3 is 0 Å². The Balaban J connectivity index is 2.52. The quantitative estimate of drug-likeness (QED) is 0.755. The zero-order valence-electron chi connectivity index (χ0n) is 12.8. The summed E-state index contributed by atoms with van der Waals surface area (Å²) in [6, 6.07) is 11.1. The third kappa shape index (κ3) is 5.31. The van der Waals surface area contributed by atoms with Crippen LogP contribution in [0.25, 0.3) is 0 Å². The van der Waals surface area contributed by atoms with E-state index < -0.39 is 0 Å². The van der Waals surface area contributed by atoms with Gasteiger partial charge in [0.15, 0.2) is 0 Å². The predicted octanol–water partition coefficient (Wildman–Crippen LogP) is 2.11. The van der Waals surface area contributed by atoms with Crippen molar-refractivity contribution in [1.29, 1.82) is 0 Å². The maximum absolute atomic E-state index is 5.81. The lowest BCUT2D eigenvalue weighted by Crippen LogP contribution is -2.37. The molecule has 2 unspecified atom stereocenters. The molecule has 0 saturated heterocycles. The average Bonchev–Trinajstić information content (AvgIpc) is 2.39. The third-order valence-corrected chi connectivity index (χ3v) is 3.80. The van der Waals surface area contributed by atoms with Crippen LogP contribution in [0.1, 0.15) is 25.5 Å². The summed E-state index contributed by atoms with van der Waals surface area (Å²) in [6.07, 6.45) is 0. The van der Waals surface area contributed by atoms with E-state index in [0.717, 1.165) is 19.6 Å². The molecule has 1 rings (SSSR count). The molecule has 0 radical (unpaired) electrons. The normalized spacial score (nSPS) is 14.9. The predicted molar refractivity (Wildman–Crippen MR) is 83.1 cm³/mol. The monoisotopic (exact) mass is 263 g/mol. The second-order valence-corrected chi connectivity index (χ2v) is 5.79. The van der Waals surface area contributed by atoms with E-state index in [4.69, 9.17) is 5.73 Å². The van der Waals surface area contributed by atoms with E-state index in [-0.39, 0.29) is 0 Å². The van der Waals surface area contributed by atoms with Crippen LogP contribution in [-0.4, -0.2) is 38.6 Å². The van der Waals surface area contributed by atoms with Crippen molar-refractivity contribution in [1.82, 2.24) is 10.2 Å². The third-order valence-electron chi connectivity index (χ3n) is 3.80. The lowest BCUT2D eigenvalue weighted by Gasteiger charge is -2.27. The van der Waals surface area contributed by atoms with Gasteiger partial charge in [-0.2, -0.15) is 0 Å². The van der Waals surface area contributed by atoms with Crippen LogP contribution in [0.4, 0.5) is 0 Å². The number of nitrogens with zero attached hydrogens (tertiary/aromatic N) is 1. The molecule has 3 nitrogen and oxygen atoms in total. The highest BCUT2D eigenvalue weighted by atomic mass is 15.1. The minimum absolute atomic E-state index is 0.409. The minimum Gasteiger partial charge on any atom is -0.330 e. The molecule has 0 amide bonds. The van der Waals surface area contributed by atoms with Crippen LogP contribution in [0.2, 0.25) is 0 Å². The molecular weight excluding hydrogens is 234 g/mol. The van der Waals surface area contributed by atoms with Crippen LogP contribution in [0.5, 0.6) is 0 Å². The maximum Gasteiger partial charge on any atom is 0.0466 e. The van der Waals surface area contributed by atoms with E-state index in [1.54, 1.807) is 0 Å². The summed E-state index contributed by atoms with van der Waals surface area (Å²) in [7, 11) is 4.25. The van der Waals surface area contributed by atoms with Crippen molar-refractivity contribution >= 4 is 0 Å². The van der Waals surface area contributed by atoms with Crippen LogP contribution in [-0.2, 0) is 0 Å². The van der Waals surface area contributed by atoms with Crippen LogP contribution >= 0.6 is 0 Å². The van der Waals surface area contributed by atoms with Crippen LogP contribution in [0, 0.1) is 11.8 Å². The Bertz CT molecular complexity index is 335. The summed E-state index contributed by atoms with van der Waals surface area (Å²) in [5, 5.41) is 3.58. The van der Waals surface area contributed by atoms with Gasteiger partial charge < -0.3 is 16.0 Å². The number of nitrogens with one attached hydrogen (secondary N) is 1. The van der Waals surface area contributed by atoms with Crippen molar-refractivity contribution in [3.8, 4) is 0 Å². The summed E-state index contributed by atoms with van der Waals surface area (Å²) in [5.41, 5.74) is 7.17. The van der Waals surface area contributed by atoms with E-state index in [9.17, 15) is 0 Å². The molecule has 0 fully saturated rings. The van der Waals surface area contributed by atoms with E-state index >= 15 is 0 Å². The highest BCUT2D eigenvalue weighted by molar-refractivity contribution is 5.19. The zero-order chi connectivity index (χ0) is 14.3. The molecule has 0 bridgehead atoms. The first-order chi connectivity index (χ1) is 9.06. The molecule has 1 aromatic rings. The van der Waals surface area contributed by atoms with Crippen LogP contribution < -0.4 is 11.1 Å². The minimum atomic E-state index is 0.409. The van der Waals surface area contributed by atoms with Crippen LogP contribution in [0.15, 0.2) is 30.3 Å². The molecule has 0 aliphatic heterocycles. The molecule has 19 heavy (non-hydrogen) atoms. The number of hydrogen-bond donors (Lipinski definition) is 2. The van der Waals surface area contributed by atoms with Gasteiger partial charge in [-0.1, -0.05) is 44.2 Å². The smallest absolute Gasteiger partial charge is 0.0466 e. The van der Waals surface area contributed by atoms with E-state index in [1.807, 2.05) is 0 Å². The summed E-state index contributed by atoms with van der Waals surface area (Å²) >= 11 is 0. The summed E-state index contributed by atoms with van der Waals surface area (Å²) in [5.74, 6) is 1.19. The van der Waals surface area contributed by atoms with E-state index in [1.165, 1.54) is 5.56 Å². The number of benzene rings is 1. The molecule has 0 aliphatic carbocycles. The van der Waals surface area contributed by atoms with Crippen molar-refractivity contribution in [3.05, 3.63) is 35.9 Å². The Kier molecular flexibility index (Phi) is 7.06. The zero-order valence-corrected chi connectivity index (χ0v) is 12.8. The Morgan fingerprint density at radius 1 is 1.11 bits per heavy atom. The standard InChI is InChI=1S/C16H29N3/c1-13(2)15(10-17)11-18-12-16(19(3)4)14-8-6-5-7-9-14/h5-9,13,15-16,18H,10-12,17H2,1-4H3. The first kappa shape index (κ1) is 16.2. The fourth-order valence-electron chi connectivity index (χ4n) is 2.27. The van der Waals surface area contributed by atoms with E-state index in [0.29, 0.717) is 17.9 Å². The molecule has 0 aliphatic rings. The molecule has 3 N–H and O–H groups in total. The Hall–Kier alpha value is -0.900. The molecule has 3 heteroatoms. The Morgan fingerprint density at radius 3 is 2.21 bits per heavy atom. The average molecular weight is 263 g/mol. The van der Waals surface area contributed by atoms with Gasteiger partial charge in [0.25, 0.3) is 0 Å². The Labute approximate surface area is 118 Å². The second-order valence-electron chi connectivity index (χ2n) is 5.79. The maximum atomic E-state index is 5.81.